The second-order valence-corrected chi connectivity index (χ2v) is 6.83. The van der Waals surface area contributed by atoms with Crippen molar-refractivity contribution in [2.45, 2.75) is 39.2 Å². The zero-order chi connectivity index (χ0) is 18.4. The molecule has 0 aromatic heterocycles. The number of likely N-dealkylation sites (tertiary alicyclic amines) is 1. The van der Waals surface area contributed by atoms with Crippen LogP contribution in [-0.4, -0.2) is 42.4 Å². The Kier molecular flexibility index (Phi) is 7.20. The lowest BCUT2D eigenvalue weighted by atomic mass is 9.95. The largest absolute Gasteiger partial charge is 0.356 e. The molecule has 0 bridgehead atoms. The molecule has 0 aliphatic carbocycles. The molecule has 7 heteroatoms. The Labute approximate surface area is 152 Å². The van der Waals surface area contributed by atoms with Crippen molar-refractivity contribution in [2.24, 2.45) is 5.92 Å². The lowest BCUT2D eigenvalue weighted by molar-refractivity contribution is -0.127. The van der Waals surface area contributed by atoms with Crippen LogP contribution < -0.4 is 10.6 Å². The van der Waals surface area contributed by atoms with Gasteiger partial charge in [0.15, 0.2) is 0 Å². The van der Waals surface area contributed by atoms with Crippen molar-refractivity contribution < 1.29 is 14.0 Å². The lowest BCUT2D eigenvalue weighted by Gasteiger charge is -2.34. The number of nitrogens with zero attached hydrogens (tertiary/aromatic N) is 1. The van der Waals surface area contributed by atoms with E-state index in [1.54, 1.807) is 6.92 Å². The number of amides is 2. The molecule has 25 heavy (non-hydrogen) atoms. The Balaban J connectivity index is 1.87. The van der Waals surface area contributed by atoms with Crippen molar-refractivity contribution in [3.8, 4) is 0 Å². The number of rotatable bonds is 6. The van der Waals surface area contributed by atoms with Gasteiger partial charge in [0.05, 0.1) is 11.7 Å². The molecule has 0 radical (unpaired) electrons. The van der Waals surface area contributed by atoms with Gasteiger partial charge in [-0.25, -0.2) is 4.39 Å². The van der Waals surface area contributed by atoms with E-state index >= 15 is 0 Å². The van der Waals surface area contributed by atoms with Crippen LogP contribution in [0.15, 0.2) is 18.2 Å². The van der Waals surface area contributed by atoms with E-state index in [1.807, 2.05) is 11.8 Å². The third kappa shape index (κ3) is 5.41. The van der Waals surface area contributed by atoms with Gasteiger partial charge >= 0.3 is 0 Å². The van der Waals surface area contributed by atoms with Crippen LogP contribution in [0.4, 0.5) is 10.1 Å². The number of hydrogen-bond donors (Lipinski definition) is 2. The van der Waals surface area contributed by atoms with Crippen molar-refractivity contribution >= 4 is 29.1 Å². The SMILES string of the molecule is CCCNC(=O)C1CCN([C@H](C)C(=O)Nc2cc(Cl)ccc2F)CC1. The molecule has 0 spiro atoms. The molecule has 1 heterocycles. The topological polar surface area (TPSA) is 61.4 Å². The predicted molar refractivity (Wildman–Crippen MR) is 97.1 cm³/mol. The Morgan fingerprint density at radius 3 is 2.68 bits per heavy atom. The highest BCUT2D eigenvalue weighted by molar-refractivity contribution is 6.30. The number of carbonyl (C=O) groups is 2. The third-order valence-electron chi connectivity index (χ3n) is 4.56. The zero-order valence-electron chi connectivity index (χ0n) is 14.6. The van der Waals surface area contributed by atoms with Crippen LogP contribution in [0.2, 0.25) is 5.02 Å². The molecular formula is C18H25ClFN3O2. The second kappa shape index (κ2) is 9.15. The Hall–Kier alpha value is -1.66. The van der Waals surface area contributed by atoms with Gasteiger partial charge in [0.25, 0.3) is 0 Å². The summed E-state index contributed by atoms with van der Waals surface area (Å²) in [6.07, 6.45) is 2.36. The van der Waals surface area contributed by atoms with Crippen LogP contribution in [0.25, 0.3) is 0 Å². The first-order chi connectivity index (χ1) is 11.9. The zero-order valence-corrected chi connectivity index (χ0v) is 15.4. The number of nitrogens with one attached hydrogen (secondary N) is 2. The van der Waals surface area contributed by atoms with E-state index in [0.29, 0.717) is 24.7 Å². The molecule has 138 valence electrons. The fraction of sp³-hybridized carbons (Fsp3) is 0.556. The summed E-state index contributed by atoms with van der Waals surface area (Å²) < 4.78 is 13.7. The monoisotopic (exact) mass is 369 g/mol. The van der Waals surface area contributed by atoms with E-state index < -0.39 is 11.9 Å². The molecule has 2 rings (SSSR count). The molecule has 0 saturated carbocycles. The molecule has 0 unspecified atom stereocenters. The predicted octanol–water partition coefficient (Wildman–Crippen LogP) is 3.04. The van der Waals surface area contributed by atoms with Crippen molar-refractivity contribution in [1.29, 1.82) is 0 Å². The summed E-state index contributed by atoms with van der Waals surface area (Å²) in [5.74, 6) is -0.700. The van der Waals surface area contributed by atoms with Gasteiger partial charge < -0.3 is 10.6 Å². The van der Waals surface area contributed by atoms with E-state index in [4.69, 9.17) is 11.6 Å². The van der Waals surface area contributed by atoms with Crippen molar-refractivity contribution in [2.75, 3.05) is 25.0 Å². The normalized spacial score (nSPS) is 17.1. The van der Waals surface area contributed by atoms with Gasteiger partial charge in [0, 0.05) is 17.5 Å². The number of carbonyl (C=O) groups excluding carboxylic acids is 2. The molecule has 5 nitrogen and oxygen atoms in total. The van der Waals surface area contributed by atoms with E-state index in [9.17, 15) is 14.0 Å². The second-order valence-electron chi connectivity index (χ2n) is 6.39. The molecule has 1 atom stereocenters. The quantitative estimate of drug-likeness (QED) is 0.810. The van der Waals surface area contributed by atoms with Gasteiger partial charge in [-0.1, -0.05) is 18.5 Å². The summed E-state index contributed by atoms with van der Waals surface area (Å²) in [5.41, 5.74) is 0.0816. The first kappa shape index (κ1) is 19.7. The minimum atomic E-state index is -0.517. The Bertz CT molecular complexity index is 618. The van der Waals surface area contributed by atoms with Gasteiger partial charge in [0.2, 0.25) is 11.8 Å². The van der Waals surface area contributed by atoms with Crippen LogP contribution in [0.3, 0.4) is 0 Å². The summed E-state index contributed by atoms with van der Waals surface area (Å²) in [7, 11) is 0. The van der Waals surface area contributed by atoms with Gasteiger partial charge in [-0.05, 0) is 57.5 Å². The molecule has 1 aliphatic rings. The number of hydrogen-bond acceptors (Lipinski definition) is 3. The molecule has 1 aromatic carbocycles. The average Bonchev–Trinajstić information content (AvgIpc) is 2.62. The summed E-state index contributed by atoms with van der Waals surface area (Å²) in [6, 6.07) is 3.65. The van der Waals surface area contributed by atoms with Crippen molar-refractivity contribution in [3.05, 3.63) is 29.0 Å². The highest BCUT2D eigenvalue weighted by Gasteiger charge is 2.29. The Morgan fingerprint density at radius 1 is 1.36 bits per heavy atom. The van der Waals surface area contributed by atoms with E-state index in [1.165, 1.54) is 18.2 Å². The lowest BCUT2D eigenvalue weighted by Crippen LogP contribution is -2.48. The molecule has 1 saturated heterocycles. The average molecular weight is 370 g/mol. The first-order valence-electron chi connectivity index (χ1n) is 8.70. The van der Waals surface area contributed by atoms with E-state index in [-0.39, 0.29) is 23.4 Å². The standard InChI is InChI=1S/C18H25ClFN3O2/c1-3-8-21-18(25)13-6-9-23(10-7-13)12(2)17(24)22-16-11-14(19)4-5-15(16)20/h4-5,11-13H,3,6-10H2,1-2H3,(H,21,25)(H,22,24)/t12-/m1/s1. The molecule has 1 aromatic rings. The van der Waals surface area contributed by atoms with Gasteiger partial charge in [0.1, 0.15) is 5.82 Å². The highest BCUT2D eigenvalue weighted by atomic mass is 35.5. The summed E-state index contributed by atoms with van der Waals surface area (Å²) >= 11 is 5.84. The number of halogens is 2. The molecule has 2 N–H and O–H groups in total. The molecule has 1 fully saturated rings. The van der Waals surface area contributed by atoms with Gasteiger partial charge in [-0.15, -0.1) is 0 Å². The van der Waals surface area contributed by atoms with Crippen LogP contribution in [0.5, 0.6) is 0 Å². The van der Waals surface area contributed by atoms with Crippen molar-refractivity contribution in [3.63, 3.8) is 0 Å². The number of benzene rings is 1. The fourth-order valence-electron chi connectivity index (χ4n) is 2.94. The minimum absolute atomic E-state index is 0.00318. The molecule has 1 aliphatic heterocycles. The molecular weight excluding hydrogens is 345 g/mol. The maximum absolute atomic E-state index is 13.7. The van der Waals surface area contributed by atoms with E-state index in [2.05, 4.69) is 10.6 Å². The van der Waals surface area contributed by atoms with Crippen LogP contribution in [0.1, 0.15) is 33.1 Å². The summed E-state index contributed by atoms with van der Waals surface area (Å²) in [5, 5.41) is 5.88. The van der Waals surface area contributed by atoms with Gasteiger partial charge in [-0.3, -0.25) is 14.5 Å². The highest BCUT2D eigenvalue weighted by Crippen LogP contribution is 2.22. The van der Waals surface area contributed by atoms with Gasteiger partial charge in [-0.2, -0.15) is 0 Å². The van der Waals surface area contributed by atoms with Crippen LogP contribution >= 0.6 is 11.6 Å². The van der Waals surface area contributed by atoms with Crippen molar-refractivity contribution in [1.82, 2.24) is 10.2 Å². The van der Waals surface area contributed by atoms with E-state index in [0.717, 1.165) is 19.3 Å². The first-order valence-corrected chi connectivity index (χ1v) is 9.07. The van der Waals surface area contributed by atoms with Crippen LogP contribution in [0, 0.1) is 11.7 Å². The maximum Gasteiger partial charge on any atom is 0.241 e. The molecule has 2 amide bonds. The minimum Gasteiger partial charge on any atom is -0.356 e. The van der Waals surface area contributed by atoms with Crippen LogP contribution in [-0.2, 0) is 9.59 Å². The number of anilines is 1. The third-order valence-corrected chi connectivity index (χ3v) is 4.80. The number of piperidine rings is 1. The maximum atomic E-state index is 13.7. The summed E-state index contributed by atoms with van der Waals surface area (Å²) in [6.45, 7) is 5.83. The fourth-order valence-corrected chi connectivity index (χ4v) is 3.11. The smallest absolute Gasteiger partial charge is 0.241 e. The summed E-state index contributed by atoms with van der Waals surface area (Å²) in [4.78, 5) is 26.4. The Morgan fingerprint density at radius 2 is 2.04 bits per heavy atom.